The SMILES string of the molecule is C[C@@H]1C[C@H](CNC(=O)NCc2ccco2)CCO1. The zero-order chi connectivity index (χ0) is 12.8. The Bertz CT molecular complexity index is 364. The third kappa shape index (κ3) is 4.07. The number of hydrogen-bond acceptors (Lipinski definition) is 3. The monoisotopic (exact) mass is 252 g/mol. The van der Waals surface area contributed by atoms with Crippen LogP contribution in [0.1, 0.15) is 25.5 Å². The predicted octanol–water partition coefficient (Wildman–Crippen LogP) is 1.89. The first-order valence-electron chi connectivity index (χ1n) is 6.39. The first-order chi connectivity index (χ1) is 8.74. The number of urea groups is 1. The van der Waals surface area contributed by atoms with Gasteiger partial charge in [0, 0.05) is 13.2 Å². The molecule has 2 atom stereocenters. The lowest BCUT2D eigenvalue weighted by atomic mass is 9.96. The van der Waals surface area contributed by atoms with Crippen LogP contribution in [0.15, 0.2) is 22.8 Å². The highest BCUT2D eigenvalue weighted by Crippen LogP contribution is 2.18. The van der Waals surface area contributed by atoms with Crippen molar-refractivity contribution in [1.82, 2.24) is 10.6 Å². The molecule has 0 unspecified atom stereocenters. The predicted molar refractivity (Wildman–Crippen MR) is 67.1 cm³/mol. The van der Waals surface area contributed by atoms with Crippen LogP contribution < -0.4 is 10.6 Å². The minimum Gasteiger partial charge on any atom is -0.467 e. The van der Waals surface area contributed by atoms with Gasteiger partial charge in [-0.1, -0.05) is 0 Å². The number of furan rings is 1. The first-order valence-corrected chi connectivity index (χ1v) is 6.39. The molecule has 18 heavy (non-hydrogen) atoms. The number of nitrogens with one attached hydrogen (secondary N) is 2. The summed E-state index contributed by atoms with van der Waals surface area (Å²) in [6.07, 6.45) is 3.93. The molecule has 2 rings (SSSR count). The third-order valence-corrected chi connectivity index (χ3v) is 3.15. The van der Waals surface area contributed by atoms with Crippen molar-refractivity contribution in [2.45, 2.75) is 32.4 Å². The van der Waals surface area contributed by atoms with E-state index in [0.717, 1.165) is 25.2 Å². The number of carbonyl (C=O) groups excluding carboxylic acids is 1. The second kappa shape index (κ2) is 6.44. The van der Waals surface area contributed by atoms with E-state index in [1.54, 1.807) is 12.3 Å². The van der Waals surface area contributed by atoms with E-state index in [-0.39, 0.29) is 6.03 Å². The molecule has 1 aliphatic rings. The summed E-state index contributed by atoms with van der Waals surface area (Å²) in [4.78, 5) is 11.6. The Kier molecular flexibility index (Phi) is 4.64. The molecule has 0 aromatic carbocycles. The molecule has 5 nitrogen and oxygen atoms in total. The zero-order valence-electron chi connectivity index (χ0n) is 10.6. The fourth-order valence-corrected chi connectivity index (χ4v) is 2.16. The van der Waals surface area contributed by atoms with Crippen LogP contribution in [-0.2, 0) is 11.3 Å². The molecule has 100 valence electrons. The van der Waals surface area contributed by atoms with E-state index in [9.17, 15) is 4.79 Å². The summed E-state index contributed by atoms with van der Waals surface area (Å²) in [5, 5.41) is 5.65. The highest BCUT2D eigenvalue weighted by atomic mass is 16.5. The topological polar surface area (TPSA) is 63.5 Å². The van der Waals surface area contributed by atoms with Crippen molar-refractivity contribution in [2.24, 2.45) is 5.92 Å². The quantitative estimate of drug-likeness (QED) is 0.860. The number of ether oxygens (including phenoxy) is 1. The molecule has 2 N–H and O–H groups in total. The smallest absolute Gasteiger partial charge is 0.315 e. The lowest BCUT2D eigenvalue weighted by molar-refractivity contribution is 0.00346. The van der Waals surface area contributed by atoms with Crippen molar-refractivity contribution in [1.29, 1.82) is 0 Å². The molecule has 0 saturated carbocycles. The molecule has 2 heterocycles. The highest BCUT2D eigenvalue weighted by Gasteiger charge is 2.19. The van der Waals surface area contributed by atoms with Crippen molar-refractivity contribution < 1.29 is 13.9 Å². The fraction of sp³-hybridized carbons (Fsp3) is 0.615. The van der Waals surface area contributed by atoms with E-state index in [2.05, 4.69) is 17.6 Å². The Morgan fingerprint density at radius 3 is 3.11 bits per heavy atom. The van der Waals surface area contributed by atoms with Gasteiger partial charge in [-0.15, -0.1) is 0 Å². The van der Waals surface area contributed by atoms with Crippen LogP contribution in [0.5, 0.6) is 0 Å². The van der Waals surface area contributed by atoms with Gasteiger partial charge in [0.15, 0.2) is 0 Å². The third-order valence-electron chi connectivity index (χ3n) is 3.15. The van der Waals surface area contributed by atoms with Crippen LogP contribution >= 0.6 is 0 Å². The molecule has 0 bridgehead atoms. The summed E-state index contributed by atoms with van der Waals surface area (Å²) < 4.78 is 10.6. The molecule has 1 saturated heterocycles. The summed E-state index contributed by atoms with van der Waals surface area (Å²) in [6.45, 7) is 3.99. The largest absolute Gasteiger partial charge is 0.467 e. The van der Waals surface area contributed by atoms with Crippen molar-refractivity contribution >= 4 is 6.03 Å². The summed E-state index contributed by atoms with van der Waals surface area (Å²) in [6, 6.07) is 3.49. The molecule has 1 fully saturated rings. The maximum Gasteiger partial charge on any atom is 0.315 e. The van der Waals surface area contributed by atoms with E-state index >= 15 is 0 Å². The molecular formula is C13H20N2O3. The van der Waals surface area contributed by atoms with Crippen LogP contribution in [0.4, 0.5) is 4.79 Å². The Balaban J connectivity index is 1.62. The minimum absolute atomic E-state index is 0.148. The van der Waals surface area contributed by atoms with E-state index < -0.39 is 0 Å². The van der Waals surface area contributed by atoms with Crippen LogP contribution in [0, 0.1) is 5.92 Å². The maximum absolute atomic E-state index is 11.6. The van der Waals surface area contributed by atoms with Crippen LogP contribution in [0.25, 0.3) is 0 Å². The molecule has 2 amide bonds. The molecule has 1 aliphatic heterocycles. The lowest BCUT2D eigenvalue weighted by Gasteiger charge is -2.27. The molecule has 1 aromatic heterocycles. The molecule has 1 aromatic rings. The minimum atomic E-state index is -0.148. The average molecular weight is 252 g/mol. The van der Waals surface area contributed by atoms with Crippen LogP contribution in [-0.4, -0.2) is 25.3 Å². The van der Waals surface area contributed by atoms with Gasteiger partial charge in [-0.3, -0.25) is 0 Å². The van der Waals surface area contributed by atoms with Gasteiger partial charge >= 0.3 is 6.03 Å². The standard InChI is InChI=1S/C13H20N2O3/c1-10-7-11(4-6-17-10)8-14-13(16)15-9-12-3-2-5-18-12/h2-3,5,10-11H,4,6-9H2,1H3,(H2,14,15,16)/t10-,11-/m1/s1. The molecular weight excluding hydrogens is 232 g/mol. The number of rotatable bonds is 4. The van der Waals surface area contributed by atoms with Crippen molar-refractivity contribution in [3.63, 3.8) is 0 Å². The van der Waals surface area contributed by atoms with Crippen molar-refractivity contribution in [2.75, 3.05) is 13.2 Å². The van der Waals surface area contributed by atoms with E-state index in [4.69, 9.17) is 9.15 Å². The first kappa shape index (κ1) is 13.0. The highest BCUT2D eigenvalue weighted by molar-refractivity contribution is 5.73. The van der Waals surface area contributed by atoms with Crippen molar-refractivity contribution in [3.05, 3.63) is 24.2 Å². The zero-order valence-corrected chi connectivity index (χ0v) is 10.6. The molecule has 0 radical (unpaired) electrons. The number of hydrogen-bond donors (Lipinski definition) is 2. The van der Waals surface area contributed by atoms with E-state index in [0.29, 0.717) is 25.1 Å². The molecule has 5 heteroatoms. The second-order valence-electron chi connectivity index (χ2n) is 4.71. The van der Waals surface area contributed by atoms with E-state index in [1.165, 1.54) is 0 Å². The number of amides is 2. The summed E-state index contributed by atoms with van der Waals surface area (Å²) in [5.74, 6) is 1.27. The van der Waals surface area contributed by atoms with E-state index in [1.807, 2.05) is 6.07 Å². The fourth-order valence-electron chi connectivity index (χ4n) is 2.16. The Morgan fingerprint density at radius 1 is 1.50 bits per heavy atom. The van der Waals surface area contributed by atoms with Gasteiger partial charge in [0.1, 0.15) is 5.76 Å². The van der Waals surface area contributed by atoms with Gasteiger partial charge < -0.3 is 19.8 Å². The van der Waals surface area contributed by atoms with Gasteiger partial charge in [0.2, 0.25) is 0 Å². The normalized spacial score (nSPS) is 23.6. The Morgan fingerprint density at radius 2 is 2.39 bits per heavy atom. The van der Waals surface area contributed by atoms with Gasteiger partial charge in [0.25, 0.3) is 0 Å². The second-order valence-corrected chi connectivity index (χ2v) is 4.71. The molecule has 0 spiro atoms. The van der Waals surface area contributed by atoms with Crippen LogP contribution in [0.3, 0.4) is 0 Å². The van der Waals surface area contributed by atoms with Gasteiger partial charge in [-0.05, 0) is 37.8 Å². The summed E-state index contributed by atoms with van der Waals surface area (Å²) in [5.41, 5.74) is 0. The maximum atomic E-state index is 11.6. The van der Waals surface area contributed by atoms with Gasteiger partial charge in [-0.25, -0.2) is 4.79 Å². The summed E-state index contributed by atoms with van der Waals surface area (Å²) in [7, 11) is 0. The van der Waals surface area contributed by atoms with Crippen molar-refractivity contribution in [3.8, 4) is 0 Å². The Labute approximate surface area is 107 Å². The van der Waals surface area contributed by atoms with Crippen LogP contribution in [0.2, 0.25) is 0 Å². The average Bonchev–Trinajstić information content (AvgIpc) is 2.87. The Hall–Kier alpha value is -1.49. The lowest BCUT2D eigenvalue weighted by Crippen LogP contribution is -2.39. The van der Waals surface area contributed by atoms with Gasteiger partial charge in [-0.2, -0.15) is 0 Å². The summed E-state index contributed by atoms with van der Waals surface area (Å²) >= 11 is 0. The molecule has 0 aliphatic carbocycles. The van der Waals surface area contributed by atoms with Gasteiger partial charge in [0.05, 0.1) is 18.9 Å². The number of carbonyl (C=O) groups is 1.